The number of halogens is 2. The number of aromatic nitrogens is 2. The molecule has 1 N–H and O–H groups in total. The SMILES string of the molecule is Cc1cccc(N2CCN(C(=O)Cn3nc(C(=O)N4CCC(O)CC4)c4c3C[C@H]3C[C@@H]43)C(C(F)F)C2)c1C. The zero-order chi connectivity index (χ0) is 26.7. The Morgan fingerprint density at radius 1 is 1.13 bits per heavy atom. The maximum Gasteiger partial charge on any atom is 0.274 e. The molecule has 0 bridgehead atoms. The Morgan fingerprint density at radius 3 is 2.63 bits per heavy atom. The van der Waals surface area contributed by atoms with E-state index in [-0.39, 0.29) is 37.6 Å². The number of benzene rings is 1. The van der Waals surface area contributed by atoms with Crippen molar-refractivity contribution in [3.63, 3.8) is 0 Å². The average Bonchev–Trinajstić information content (AvgIpc) is 3.43. The topological polar surface area (TPSA) is 81.9 Å². The van der Waals surface area contributed by atoms with Crippen molar-refractivity contribution in [2.45, 2.75) is 70.6 Å². The highest BCUT2D eigenvalue weighted by Crippen LogP contribution is 2.57. The van der Waals surface area contributed by atoms with Crippen molar-refractivity contribution in [3.8, 4) is 0 Å². The molecule has 0 radical (unpaired) electrons. The fraction of sp³-hybridized carbons (Fsp3) is 0.607. The standard InChI is InChI=1S/C28H35F2N5O3/c1-16-4-3-5-21(17(16)2)33-10-11-34(23(14-33)27(29)30)24(37)15-35-22-13-18-12-20(18)25(22)26(31-35)28(38)32-8-6-19(36)7-9-32/h3-5,18-20,23,27,36H,6-15H2,1-2H3/t18-,20-,23?/m1/s1. The van der Waals surface area contributed by atoms with Gasteiger partial charge in [-0.1, -0.05) is 12.1 Å². The number of rotatable bonds is 5. The van der Waals surface area contributed by atoms with E-state index < -0.39 is 12.5 Å². The molecule has 1 aromatic carbocycles. The quantitative estimate of drug-likeness (QED) is 0.647. The summed E-state index contributed by atoms with van der Waals surface area (Å²) in [6.07, 6.45) is -0.171. The molecular weight excluding hydrogens is 492 g/mol. The molecule has 1 aromatic heterocycles. The molecule has 1 unspecified atom stereocenters. The van der Waals surface area contributed by atoms with Crippen molar-refractivity contribution in [2.75, 3.05) is 37.6 Å². The molecule has 6 rings (SSSR count). The van der Waals surface area contributed by atoms with Gasteiger partial charge in [0.15, 0.2) is 5.69 Å². The van der Waals surface area contributed by atoms with Crippen LogP contribution >= 0.6 is 0 Å². The number of alkyl halides is 2. The highest BCUT2D eigenvalue weighted by Gasteiger charge is 2.51. The summed E-state index contributed by atoms with van der Waals surface area (Å²) in [5, 5.41) is 14.4. The lowest BCUT2D eigenvalue weighted by Crippen LogP contribution is -2.58. The number of aryl methyl sites for hydroxylation is 1. The number of piperazine rings is 1. The predicted molar refractivity (Wildman–Crippen MR) is 138 cm³/mol. The molecular formula is C28H35F2N5O3. The van der Waals surface area contributed by atoms with Crippen molar-refractivity contribution in [3.05, 3.63) is 46.3 Å². The van der Waals surface area contributed by atoms with Crippen LogP contribution in [0.25, 0.3) is 0 Å². The molecule has 2 saturated heterocycles. The Bertz CT molecular complexity index is 1260. The first-order valence-electron chi connectivity index (χ1n) is 13.7. The maximum absolute atomic E-state index is 14.2. The van der Waals surface area contributed by atoms with Gasteiger partial charge in [-0.2, -0.15) is 5.10 Å². The number of amides is 2. The Balaban J connectivity index is 1.21. The van der Waals surface area contributed by atoms with Gasteiger partial charge in [0.05, 0.1) is 6.10 Å². The van der Waals surface area contributed by atoms with E-state index >= 15 is 0 Å². The van der Waals surface area contributed by atoms with Gasteiger partial charge in [0.2, 0.25) is 5.91 Å². The second-order valence-electron chi connectivity index (χ2n) is 11.4. The Hall–Kier alpha value is -3.01. The van der Waals surface area contributed by atoms with Crippen molar-refractivity contribution in [1.82, 2.24) is 19.6 Å². The van der Waals surface area contributed by atoms with E-state index in [9.17, 15) is 23.5 Å². The normalized spacial score (nSPS) is 25.1. The van der Waals surface area contributed by atoms with Crippen LogP contribution in [0.1, 0.15) is 58.1 Å². The van der Waals surface area contributed by atoms with E-state index in [1.807, 2.05) is 36.9 Å². The fourth-order valence-corrected chi connectivity index (χ4v) is 6.55. The van der Waals surface area contributed by atoms with Gasteiger partial charge < -0.3 is 19.8 Å². The molecule has 2 amide bonds. The van der Waals surface area contributed by atoms with Gasteiger partial charge in [-0.25, -0.2) is 8.78 Å². The van der Waals surface area contributed by atoms with Crippen molar-refractivity contribution < 1.29 is 23.5 Å². The highest BCUT2D eigenvalue weighted by atomic mass is 19.3. The Kier molecular flexibility index (Phi) is 6.40. The number of likely N-dealkylation sites (tertiary alicyclic amines) is 1. The molecule has 8 nitrogen and oxygen atoms in total. The van der Waals surface area contributed by atoms with Gasteiger partial charge in [0.1, 0.15) is 12.6 Å². The first-order chi connectivity index (χ1) is 18.2. The Morgan fingerprint density at radius 2 is 1.89 bits per heavy atom. The van der Waals surface area contributed by atoms with Crippen LogP contribution < -0.4 is 4.90 Å². The number of aliphatic hydroxyl groups excluding tert-OH is 1. The minimum Gasteiger partial charge on any atom is -0.393 e. The monoisotopic (exact) mass is 527 g/mol. The highest BCUT2D eigenvalue weighted by molar-refractivity contribution is 5.95. The Labute approximate surface area is 221 Å². The molecule has 3 atom stereocenters. The first-order valence-corrected chi connectivity index (χ1v) is 13.7. The lowest BCUT2D eigenvalue weighted by Gasteiger charge is -2.42. The van der Waals surface area contributed by atoms with Crippen LogP contribution in [0.2, 0.25) is 0 Å². The molecule has 4 aliphatic rings. The summed E-state index contributed by atoms with van der Waals surface area (Å²) in [6, 6.07) is 4.67. The van der Waals surface area contributed by atoms with Gasteiger partial charge in [-0.05, 0) is 68.6 Å². The third-order valence-electron chi connectivity index (χ3n) is 9.03. The van der Waals surface area contributed by atoms with Gasteiger partial charge in [-0.3, -0.25) is 14.3 Å². The van der Waals surface area contributed by atoms with Crippen molar-refractivity contribution in [1.29, 1.82) is 0 Å². The molecule has 3 heterocycles. The minimum absolute atomic E-state index is 0.0691. The number of nitrogens with zero attached hydrogens (tertiary/aromatic N) is 5. The average molecular weight is 528 g/mol. The second kappa shape index (κ2) is 9.63. The van der Waals surface area contributed by atoms with E-state index in [4.69, 9.17) is 0 Å². The van der Waals surface area contributed by atoms with Gasteiger partial charge in [0.25, 0.3) is 12.3 Å². The largest absolute Gasteiger partial charge is 0.393 e. The summed E-state index contributed by atoms with van der Waals surface area (Å²) in [5.74, 6) is 0.244. The van der Waals surface area contributed by atoms with Crippen LogP contribution in [-0.2, 0) is 17.8 Å². The molecule has 38 heavy (non-hydrogen) atoms. The minimum atomic E-state index is -2.67. The van der Waals surface area contributed by atoms with E-state index in [1.54, 1.807) is 9.58 Å². The maximum atomic E-state index is 14.2. The summed E-state index contributed by atoms with van der Waals surface area (Å²) in [5.41, 5.74) is 5.35. The number of piperidine rings is 1. The molecule has 204 valence electrons. The molecule has 0 spiro atoms. The van der Waals surface area contributed by atoms with Gasteiger partial charge in [0, 0.05) is 49.7 Å². The van der Waals surface area contributed by atoms with Crippen LogP contribution in [0.15, 0.2) is 18.2 Å². The number of aliphatic hydroxyl groups is 1. The smallest absolute Gasteiger partial charge is 0.274 e. The van der Waals surface area contributed by atoms with E-state index in [0.717, 1.165) is 40.9 Å². The molecule has 2 aliphatic carbocycles. The zero-order valence-corrected chi connectivity index (χ0v) is 21.9. The van der Waals surface area contributed by atoms with Crippen LogP contribution in [0, 0.1) is 19.8 Å². The second-order valence-corrected chi connectivity index (χ2v) is 11.4. The summed E-state index contributed by atoms with van der Waals surface area (Å²) < 4.78 is 30.1. The summed E-state index contributed by atoms with van der Waals surface area (Å²) in [7, 11) is 0. The van der Waals surface area contributed by atoms with Crippen molar-refractivity contribution >= 4 is 17.5 Å². The number of fused-ring (bicyclic) bond motifs is 3. The molecule has 2 aliphatic heterocycles. The number of hydrogen-bond donors (Lipinski definition) is 1. The van der Waals surface area contributed by atoms with E-state index in [1.165, 1.54) is 4.90 Å². The number of carbonyl (C=O) groups excluding carboxylic acids is 2. The van der Waals surface area contributed by atoms with Gasteiger partial charge in [-0.15, -0.1) is 0 Å². The lowest BCUT2D eigenvalue weighted by molar-refractivity contribution is -0.138. The summed E-state index contributed by atoms with van der Waals surface area (Å²) >= 11 is 0. The molecule has 10 heteroatoms. The fourth-order valence-electron chi connectivity index (χ4n) is 6.55. The summed E-state index contributed by atoms with van der Waals surface area (Å²) in [4.78, 5) is 31.8. The van der Waals surface area contributed by atoms with Crippen LogP contribution in [0.5, 0.6) is 0 Å². The lowest BCUT2D eigenvalue weighted by atomic mass is 10.0. The first kappa shape index (κ1) is 25.3. The molecule has 2 aromatic rings. The van der Waals surface area contributed by atoms with Crippen LogP contribution in [0.4, 0.5) is 14.5 Å². The number of carbonyl (C=O) groups is 2. The van der Waals surface area contributed by atoms with Crippen LogP contribution in [0.3, 0.4) is 0 Å². The predicted octanol–water partition coefficient (Wildman–Crippen LogP) is 2.74. The number of hydrogen-bond acceptors (Lipinski definition) is 5. The number of anilines is 1. The zero-order valence-electron chi connectivity index (χ0n) is 21.9. The van der Waals surface area contributed by atoms with E-state index in [2.05, 4.69) is 5.10 Å². The summed E-state index contributed by atoms with van der Waals surface area (Å²) in [6.45, 7) is 5.57. The van der Waals surface area contributed by atoms with Gasteiger partial charge >= 0.3 is 0 Å². The molecule has 3 fully saturated rings. The van der Waals surface area contributed by atoms with Crippen molar-refractivity contribution in [2.24, 2.45) is 5.92 Å². The third-order valence-corrected chi connectivity index (χ3v) is 9.03. The van der Waals surface area contributed by atoms with Crippen LogP contribution in [-0.4, -0.2) is 87.8 Å². The molecule has 1 saturated carbocycles. The van der Waals surface area contributed by atoms with E-state index in [0.29, 0.717) is 50.0 Å². The third kappa shape index (κ3) is 4.36.